The van der Waals surface area contributed by atoms with Crippen LogP contribution < -0.4 is 5.11 Å². The molecule has 0 rings (SSSR count). The summed E-state index contributed by atoms with van der Waals surface area (Å²) in [5, 5.41) is 11.8. The van der Waals surface area contributed by atoms with Gasteiger partial charge in [0.2, 0.25) is 0 Å². The number of nitrogens with zero attached hydrogens (tertiary/aromatic N) is 1. The Morgan fingerprint density at radius 1 is 0.380 bits per heavy atom. The third-order valence-electron chi connectivity index (χ3n) is 13.2. The van der Waals surface area contributed by atoms with Crippen molar-refractivity contribution >= 4 is 17.9 Å². The van der Waals surface area contributed by atoms with E-state index in [1.54, 1.807) is 0 Å². The van der Waals surface area contributed by atoms with Crippen molar-refractivity contribution in [3.05, 3.63) is 122 Å². The number of quaternary nitrogens is 1. The number of carboxylic acid groups (broad SMARTS) is 1. The molecule has 0 aliphatic heterocycles. The molecule has 9 nitrogen and oxygen atoms in total. The summed E-state index contributed by atoms with van der Waals surface area (Å²) >= 11 is 0. The molecule has 450 valence electrons. The van der Waals surface area contributed by atoms with Crippen molar-refractivity contribution in [3.63, 3.8) is 0 Å². The molecule has 0 aliphatic rings. The lowest BCUT2D eigenvalue weighted by molar-refractivity contribution is -0.870. The van der Waals surface area contributed by atoms with Gasteiger partial charge in [-0.1, -0.05) is 251 Å². The van der Waals surface area contributed by atoms with E-state index in [-0.39, 0.29) is 38.6 Å². The lowest BCUT2D eigenvalue weighted by Gasteiger charge is -2.26. The minimum Gasteiger partial charge on any atom is -0.545 e. The normalized spacial score (nSPS) is 13.6. The quantitative estimate of drug-likeness (QED) is 0.0195. The highest BCUT2D eigenvalue weighted by Gasteiger charge is 2.22. The maximum atomic E-state index is 12.9. The molecular weight excluding hydrogens is 983 g/mol. The van der Waals surface area contributed by atoms with Gasteiger partial charge in [0.1, 0.15) is 13.2 Å². The van der Waals surface area contributed by atoms with Gasteiger partial charge in [-0.05, 0) is 103 Å². The monoisotopic (exact) mass is 1100 g/mol. The molecule has 0 bridgehead atoms. The Hall–Kier alpha value is -4.31. The molecule has 0 N–H and O–H groups in total. The Bertz CT molecular complexity index is 1710. The summed E-state index contributed by atoms with van der Waals surface area (Å²) in [6.45, 7) is 4.51. The molecule has 0 fully saturated rings. The van der Waals surface area contributed by atoms with E-state index in [4.69, 9.17) is 18.9 Å². The maximum absolute atomic E-state index is 12.9. The largest absolute Gasteiger partial charge is 0.545 e. The van der Waals surface area contributed by atoms with Crippen LogP contribution in [-0.4, -0.2) is 82.3 Å². The van der Waals surface area contributed by atoms with Crippen LogP contribution >= 0.6 is 0 Å². The number of likely N-dealkylation sites (N-methyl/N-ethyl adjacent to an activating group) is 1. The van der Waals surface area contributed by atoms with Crippen LogP contribution in [0.4, 0.5) is 0 Å². The van der Waals surface area contributed by atoms with Gasteiger partial charge in [0, 0.05) is 12.8 Å². The number of hydrogen-bond donors (Lipinski definition) is 0. The smallest absolute Gasteiger partial charge is 0.306 e. The predicted octanol–water partition coefficient (Wildman–Crippen LogP) is 17.9. The number of allylic oxidation sites excluding steroid dienone is 20. The van der Waals surface area contributed by atoms with E-state index in [9.17, 15) is 19.5 Å². The van der Waals surface area contributed by atoms with Gasteiger partial charge >= 0.3 is 11.9 Å². The van der Waals surface area contributed by atoms with E-state index in [0.29, 0.717) is 17.4 Å². The summed E-state index contributed by atoms with van der Waals surface area (Å²) in [5.74, 6) is -2.30. The molecule has 0 saturated heterocycles. The number of carbonyl (C=O) groups is 3. The van der Waals surface area contributed by atoms with Crippen molar-refractivity contribution in [1.29, 1.82) is 0 Å². The molecule has 0 aromatic carbocycles. The minimum absolute atomic E-state index is 0.141. The zero-order valence-corrected chi connectivity index (χ0v) is 51.2. The second-order valence-corrected chi connectivity index (χ2v) is 21.9. The molecule has 79 heavy (non-hydrogen) atoms. The molecule has 0 aromatic heterocycles. The lowest BCUT2D eigenvalue weighted by atomic mass is 10.0. The van der Waals surface area contributed by atoms with Crippen LogP contribution in [0.1, 0.15) is 245 Å². The van der Waals surface area contributed by atoms with Crippen LogP contribution in [0.25, 0.3) is 0 Å². The highest BCUT2D eigenvalue weighted by Crippen LogP contribution is 2.16. The van der Waals surface area contributed by atoms with E-state index in [0.717, 1.165) is 116 Å². The fourth-order valence-electron chi connectivity index (χ4n) is 8.41. The number of aliphatic carboxylic acids is 1. The van der Waals surface area contributed by atoms with Gasteiger partial charge < -0.3 is 33.3 Å². The standard InChI is InChI=1S/C70H117NO8/c1-6-8-10-12-14-16-18-20-22-24-26-28-29-30-31-32-33-34-35-36-37-38-39-41-43-45-47-49-51-53-55-57-59-61-68(73)79-66(65-78-70(69(74)75)76-63-62-71(3,4)5)64-77-67(72)60-58-56-54-52-50-48-46-44-42-40-27-25-23-21-19-17-15-13-11-9-7-2/h8-11,14-17,20-23,26-28,30-31,33-34,40,66,70H,6-7,12-13,18-19,24-25,29,32,35-39,41-65H2,1-5H3/b10-8-,11-9-,16-14-,17-15-,22-20-,23-21-,28-26-,31-30-,34-33-,40-27-. The van der Waals surface area contributed by atoms with E-state index in [2.05, 4.69) is 135 Å². The number of carboxylic acids is 1. The van der Waals surface area contributed by atoms with E-state index in [1.165, 1.54) is 96.3 Å². The Morgan fingerprint density at radius 3 is 1.01 bits per heavy atom. The van der Waals surface area contributed by atoms with Crippen LogP contribution in [0.3, 0.4) is 0 Å². The number of hydrogen-bond acceptors (Lipinski definition) is 8. The fraction of sp³-hybridized carbons (Fsp3) is 0.671. The Labute approximate surface area is 485 Å². The second-order valence-electron chi connectivity index (χ2n) is 21.9. The summed E-state index contributed by atoms with van der Waals surface area (Å²) in [6, 6.07) is 0. The third kappa shape index (κ3) is 61.2. The predicted molar refractivity (Wildman–Crippen MR) is 333 cm³/mol. The first-order valence-corrected chi connectivity index (χ1v) is 31.7. The second kappa shape index (κ2) is 59.8. The number of ether oxygens (including phenoxy) is 4. The van der Waals surface area contributed by atoms with Crippen molar-refractivity contribution in [1.82, 2.24) is 0 Å². The van der Waals surface area contributed by atoms with Crippen LogP contribution in [-0.2, 0) is 33.3 Å². The molecule has 0 aliphatic carbocycles. The molecule has 0 radical (unpaired) electrons. The number of esters is 2. The highest BCUT2D eigenvalue weighted by atomic mass is 16.7. The molecule has 0 saturated carbocycles. The van der Waals surface area contributed by atoms with E-state index in [1.807, 2.05) is 21.1 Å². The third-order valence-corrected chi connectivity index (χ3v) is 13.2. The van der Waals surface area contributed by atoms with E-state index >= 15 is 0 Å². The van der Waals surface area contributed by atoms with Gasteiger partial charge in [-0.15, -0.1) is 0 Å². The number of unbranched alkanes of at least 4 members (excludes halogenated alkanes) is 22. The zero-order chi connectivity index (χ0) is 57.6. The average molecular weight is 1100 g/mol. The Morgan fingerprint density at radius 2 is 0.684 bits per heavy atom. The van der Waals surface area contributed by atoms with Crippen molar-refractivity contribution in [2.24, 2.45) is 0 Å². The molecule has 0 spiro atoms. The van der Waals surface area contributed by atoms with Crippen molar-refractivity contribution in [3.8, 4) is 0 Å². The van der Waals surface area contributed by atoms with Crippen molar-refractivity contribution in [2.45, 2.75) is 257 Å². The van der Waals surface area contributed by atoms with E-state index < -0.39 is 24.3 Å². The summed E-state index contributed by atoms with van der Waals surface area (Å²) in [6.07, 6.45) is 81.1. The number of carbonyl (C=O) groups excluding carboxylic acids is 3. The minimum atomic E-state index is -1.63. The molecule has 9 heteroatoms. The van der Waals surface area contributed by atoms with Gasteiger partial charge in [0.15, 0.2) is 12.4 Å². The summed E-state index contributed by atoms with van der Waals surface area (Å²) < 4.78 is 22.7. The fourth-order valence-corrected chi connectivity index (χ4v) is 8.41. The summed E-state index contributed by atoms with van der Waals surface area (Å²) in [7, 11) is 5.92. The molecule has 0 heterocycles. The Kier molecular flexibility index (Phi) is 56.5. The molecule has 0 aromatic rings. The van der Waals surface area contributed by atoms with Gasteiger partial charge in [-0.3, -0.25) is 9.59 Å². The van der Waals surface area contributed by atoms with Crippen LogP contribution in [0, 0.1) is 0 Å². The molecule has 0 amide bonds. The van der Waals surface area contributed by atoms with Gasteiger partial charge in [-0.2, -0.15) is 0 Å². The summed E-state index contributed by atoms with van der Waals surface area (Å²) in [5.41, 5.74) is 0. The molecule has 2 atom stereocenters. The first kappa shape index (κ1) is 74.7. The summed E-state index contributed by atoms with van der Waals surface area (Å²) in [4.78, 5) is 37.4. The van der Waals surface area contributed by atoms with Gasteiger partial charge in [0.05, 0.1) is 40.3 Å². The van der Waals surface area contributed by atoms with Crippen molar-refractivity contribution in [2.75, 3.05) is 47.5 Å². The average Bonchev–Trinajstić information content (AvgIpc) is 3.42. The first-order chi connectivity index (χ1) is 38.6. The van der Waals surface area contributed by atoms with Crippen molar-refractivity contribution < 1.29 is 42.9 Å². The SMILES string of the molecule is CC/C=C\C/C=C\C/C=C\C/C=C\C/C=C\C/C=C\CCCCCCCCCCCCCCCCC(=O)OC(COC(=O)CCCCCCCCCC/C=C\C/C=C\C/C=C\C/C=C\CC)COC(OCC[N+](C)(C)C)C(=O)[O-]. The topological polar surface area (TPSA) is 111 Å². The zero-order valence-electron chi connectivity index (χ0n) is 51.2. The molecular formula is C70H117NO8. The van der Waals surface area contributed by atoms with Gasteiger partial charge in [-0.25, -0.2) is 0 Å². The lowest BCUT2D eigenvalue weighted by Crippen LogP contribution is -2.44. The van der Waals surface area contributed by atoms with Crippen LogP contribution in [0.15, 0.2) is 122 Å². The molecule has 2 unspecified atom stereocenters. The van der Waals surface area contributed by atoms with Crippen LogP contribution in [0.5, 0.6) is 0 Å². The number of rotatable bonds is 57. The van der Waals surface area contributed by atoms with Crippen LogP contribution in [0.2, 0.25) is 0 Å². The Balaban J connectivity index is 4.18. The first-order valence-electron chi connectivity index (χ1n) is 31.7. The maximum Gasteiger partial charge on any atom is 0.306 e. The van der Waals surface area contributed by atoms with Gasteiger partial charge in [0.25, 0.3) is 0 Å². The highest BCUT2D eigenvalue weighted by molar-refractivity contribution is 5.70.